The normalized spacial score (nSPS) is 19.7. The van der Waals surface area contributed by atoms with E-state index in [2.05, 4.69) is 26.8 Å². The predicted molar refractivity (Wildman–Crippen MR) is 109 cm³/mol. The number of benzene rings is 1. The molecule has 0 bridgehead atoms. The van der Waals surface area contributed by atoms with Crippen molar-refractivity contribution in [2.75, 3.05) is 0 Å². The summed E-state index contributed by atoms with van der Waals surface area (Å²) in [5.74, 6) is -0.705. The van der Waals surface area contributed by atoms with Crippen LogP contribution in [0.25, 0.3) is 22.3 Å². The second-order valence-electron chi connectivity index (χ2n) is 8.07. The number of ether oxygens (including phenoxy) is 1. The van der Waals surface area contributed by atoms with Crippen molar-refractivity contribution in [3.8, 4) is 11.4 Å². The number of aromatic nitrogens is 2. The molecule has 0 saturated carbocycles. The highest BCUT2D eigenvalue weighted by Crippen LogP contribution is 2.40. The summed E-state index contributed by atoms with van der Waals surface area (Å²) in [6.07, 6.45) is 0.136. The summed E-state index contributed by atoms with van der Waals surface area (Å²) < 4.78 is 6.81. The van der Waals surface area contributed by atoms with Gasteiger partial charge in [-0.15, -0.1) is 0 Å². The molecule has 4 heterocycles. The number of carbonyl (C=O) groups excluding carboxylic acids is 1. The van der Waals surface area contributed by atoms with Gasteiger partial charge in [-0.25, -0.2) is 9.78 Å². The van der Waals surface area contributed by atoms with Crippen LogP contribution in [0.3, 0.4) is 0 Å². The summed E-state index contributed by atoms with van der Waals surface area (Å²) >= 11 is 0. The van der Waals surface area contributed by atoms with Crippen LogP contribution in [-0.4, -0.2) is 20.6 Å². The lowest BCUT2D eigenvalue weighted by molar-refractivity contribution is -0.172. The number of hydrogen-bond acceptors (Lipinski definition) is 5. The maximum Gasteiger partial charge on any atom is 0.343 e. The number of nitrogens with zero attached hydrogens (tertiary/aromatic N) is 2. The van der Waals surface area contributed by atoms with E-state index in [9.17, 15) is 14.7 Å². The Morgan fingerprint density at radius 1 is 1.17 bits per heavy atom. The zero-order valence-corrected chi connectivity index (χ0v) is 16.9. The highest BCUT2D eigenvalue weighted by atomic mass is 16.6. The minimum absolute atomic E-state index is 0.112. The van der Waals surface area contributed by atoms with E-state index in [1.165, 1.54) is 11.1 Å². The van der Waals surface area contributed by atoms with Crippen molar-refractivity contribution in [1.82, 2.24) is 9.55 Å². The van der Waals surface area contributed by atoms with Crippen LogP contribution in [0.1, 0.15) is 46.7 Å². The van der Waals surface area contributed by atoms with Crippen LogP contribution in [0.15, 0.2) is 23.0 Å². The lowest BCUT2D eigenvalue weighted by atomic mass is 9.86. The average molecular weight is 390 g/mol. The summed E-state index contributed by atoms with van der Waals surface area (Å²) in [4.78, 5) is 30.4. The van der Waals surface area contributed by atoms with Gasteiger partial charge < -0.3 is 14.4 Å². The van der Waals surface area contributed by atoms with Crippen LogP contribution in [-0.2, 0) is 28.3 Å². The molecular formula is C23H22N2O4. The first-order valence-electron chi connectivity index (χ1n) is 9.84. The third kappa shape index (κ3) is 2.18. The first kappa shape index (κ1) is 18.1. The van der Waals surface area contributed by atoms with Crippen molar-refractivity contribution in [2.45, 2.75) is 52.9 Å². The first-order valence-corrected chi connectivity index (χ1v) is 9.84. The van der Waals surface area contributed by atoms with Crippen molar-refractivity contribution in [2.24, 2.45) is 0 Å². The van der Waals surface area contributed by atoms with Gasteiger partial charge in [-0.2, -0.15) is 0 Å². The van der Waals surface area contributed by atoms with E-state index >= 15 is 0 Å². The minimum Gasteiger partial charge on any atom is -0.458 e. The number of esters is 1. The first-order chi connectivity index (χ1) is 13.8. The topological polar surface area (TPSA) is 81.4 Å². The number of aliphatic hydroxyl groups is 1. The number of cyclic esters (lactones) is 1. The average Bonchev–Trinajstić information content (AvgIpc) is 3.08. The highest BCUT2D eigenvalue weighted by molar-refractivity contribution is 5.91. The zero-order chi connectivity index (χ0) is 20.7. The van der Waals surface area contributed by atoms with Gasteiger partial charge in [0.1, 0.15) is 6.61 Å². The van der Waals surface area contributed by atoms with Crippen molar-refractivity contribution < 1.29 is 14.6 Å². The quantitative estimate of drug-likeness (QED) is 0.505. The molecule has 6 nitrogen and oxygen atoms in total. The second-order valence-corrected chi connectivity index (χ2v) is 8.07. The maximum absolute atomic E-state index is 13.2. The fourth-order valence-corrected chi connectivity index (χ4v) is 4.70. The van der Waals surface area contributed by atoms with Gasteiger partial charge in [0.25, 0.3) is 5.56 Å². The molecule has 2 aliphatic rings. The van der Waals surface area contributed by atoms with Crippen molar-refractivity contribution in [3.63, 3.8) is 0 Å². The van der Waals surface area contributed by atoms with E-state index in [0.717, 1.165) is 27.7 Å². The van der Waals surface area contributed by atoms with Gasteiger partial charge in [-0.05, 0) is 56.0 Å². The molecule has 0 fully saturated rings. The Kier molecular flexibility index (Phi) is 3.59. The molecule has 1 N–H and O–H groups in total. The van der Waals surface area contributed by atoms with Crippen molar-refractivity contribution >= 4 is 16.9 Å². The molecule has 2 aromatic heterocycles. The summed E-state index contributed by atoms with van der Waals surface area (Å²) in [5, 5.41) is 12.1. The van der Waals surface area contributed by atoms with Crippen LogP contribution in [0.2, 0.25) is 0 Å². The third-order valence-electron chi connectivity index (χ3n) is 6.66. The molecular weight excluding hydrogens is 368 g/mol. The molecule has 0 radical (unpaired) electrons. The zero-order valence-electron chi connectivity index (χ0n) is 16.9. The highest BCUT2D eigenvalue weighted by Gasteiger charge is 2.45. The van der Waals surface area contributed by atoms with Crippen LogP contribution in [0.4, 0.5) is 0 Å². The Hall–Kier alpha value is -2.99. The molecule has 6 heteroatoms. The van der Waals surface area contributed by atoms with Gasteiger partial charge in [0.15, 0.2) is 5.60 Å². The SMILES string of the molecule is CCC1(O)C(=O)OCc2c1cc1n(c2=O)Cc2c-1nc1ccc(C)c(C)c1c2C. The number of aryl methyl sites for hydroxylation is 3. The Balaban J connectivity index is 1.84. The van der Waals surface area contributed by atoms with Gasteiger partial charge in [-0.3, -0.25) is 4.79 Å². The lowest BCUT2D eigenvalue weighted by Gasteiger charge is -2.31. The number of carbonyl (C=O) groups is 1. The summed E-state index contributed by atoms with van der Waals surface area (Å²) in [5.41, 5.74) is 5.46. The van der Waals surface area contributed by atoms with Gasteiger partial charge in [-0.1, -0.05) is 13.0 Å². The Labute approximate surface area is 167 Å². The largest absolute Gasteiger partial charge is 0.458 e. The molecule has 0 aliphatic carbocycles. The monoisotopic (exact) mass is 390 g/mol. The molecule has 2 aliphatic heterocycles. The molecule has 1 aromatic carbocycles. The van der Waals surface area contributed by atoms with Crippen LogP contribution in [0, 0.1) is 20.8 Å². The fourth-order valence-electron chi connectivity index (χ4n) is 4.70. The predicted octanol–water partition coefficient (Wildman–Crippen LogP) is 3.00. The molecule has 3 aromatic rings. The molecule has 148 valence electrons. The number of hydrogen-bond donors (Lipinski definition) is 1. The van der Waals surface area contributed by atoms with Crippen LogP contribution in [0.5, 0.6) is 0 Å². The van der Waals surface area contributed by atoms with E-state index in [1.54, 1.807) is 17.6 Å². The van der Waals surface area contributed by atoms with Crippen LogP contribution < -0.4 is 5.56 Å². The Morgan fingerprint density at radius 3 is 2.66 bits per heavy atom. The minimum atomic E-state index is -1.80. The van der Waals surface area contributed by atoms with Crippen molar-refractivity contribution in [1.29, 1.82) is 0 Å². The Bertz CT molecular complexity index is 1300. The smallest absolute Gasteiger partial charge is 0.343 e. The summed E-state index contributed by atoms with van der Waals surface area (Å²) in [7, 11) is 0. The molecule has 1 unspecified atom stereocenters. The van der Waals surface area contributed by atoms with Gasteiger partial charge >= 0.3 is 5.97 Å². The third-order valence-corrected chi connectivity index (χ3v) is 6.66. The second kappa shape index (κ2) is 5.76. The Morgan fingerprint density at radius 2 is 1.93 bits per heavy atom. The van der Waals surface area contributed by atoms with Gasteiger partial charge in [0.2, 0.25) is 0 Å². The molecule has 5 rings (SSSR count). The van der Waals surface area contributed by atoms with E-state index < -0.39 is 11.6 Å². The van der Waals surface area contributed by atoms with E-state index in [1.807, 2.05) is 6.07 Å². The van der Waals surface area contributed by atoms with Crippen molar-refractivity contribution in [3.05, 3.63) is 61.9 Å². The number of rotatable bonds is 1. The molecule has 29 heavy (non-hydrogen) atoms. The standard InChI is InChI=1S/C23H22N2O4/c1-5-23(28)16-8-18-20-14(9-25(18)21(26)15(16)10-29-22(23)27)13(4)19-12(3)11(2)6-7-17(19)24-20/h6-8,28H,5,9-10H2,1-4H3. The summed E-state index contributed by atoms with van der Waals surface area (Å²) in [6, 6.07) is 5.81. The lowest BCUT2D eigenvalue weighted by Crippen LogP contribution is -2.44. The van der Waals surface area contributed by atoms with E-state index in [0.29, 0.717) is 23.4 Å². The van der Waals surface area contributed by atoms with Crippen LogP contribution >= 0.6 is 0 Å². The molecule has 0 amide bonds. The van der Waals surface area contributed by atoms with E-state index in [-0.39, 0.29) is 18.6 Å². The summed E-state index contributed by atoms with van der Waals surface area (Å²) in [6.45, 7) is 8.26. The molecule has 0 spiro atoms. The van der Waals surface area contributed by atoms with E-state index in [4.69, 9.17) is 9.72 Å². The number of pyridine rings is 2. The van der Waals surface area contributed by atoms with Gasteiger partial charge in [0.05, 0.1) is 29.0 Å². The molecule has 0 saturated heterocycles. The molecule has 1 atom stereocenters. The fraction of sp³-hybridized carbons (Fsp3) is 0.348. The number of fused-ring (bicyclic) bond motifs is 5. The maximum atomic E-state index is 13.2. The van der Waals surface area contributed by atoms with Gasteiger partial charge in [0, 0.05) is 16.5 Å².